The van der Waals surface area contributed by atoms with Gasteiger partial charge in [-0.2, -0.15) is 0 Å². The largest absolute Gasteiger partial charge is 0.484 e. The van der Waals surface area contributed by atoms with Crippen LogP contribution in [0.15, 0.2) is 35.7 Å². The molecule has 7 heteroatoms. The van der Waals surface area contributed by atoms with Crippen LogP contribution < -0.4 is 4.74 Å². The number of likely N-dealkylation sites (N-methyl/N-ethyl adjacent to an activating group) is 1. The highest BCUT2D eigenvalue weighted by molar-refractivity contribution is 7.03. The van der Waals surface area contributed by atoms with Crippen molar-refractivity contribution in [2.24, 2.45) is 0 Å². The Morgan fingerprint density at radius 2 is 2.18 bits per heavy atom. The molecule has 0 aliphatic carbocycles. The first-order valence-electron chi connectivity index (χ1n) is 6.49. The first kappa shape index (κ1) is 15.8. The zero-order valence-electron chi connectivity index (χ0n) is 12.2. The number of hydrogen-bond donors (Lipinski definition) is 0. The normalized spacial score (nSPS) is 10.6. The van der Waals surface area contributed by atoms with Gasteiger partial charge in [-0.15, -0.1) is 5.10 Å². The summed E-state index contributed by atoms with van der Waals surface area (Å²) in [7, 11) is 3.31. The lowest BCUT2D eigenvalue weighted by Gasteiger charge is -2.11. The quantitative estimate of drug-likeness (QED) is 0.601. The van der Waals surface area contributed by atoms with Crippen LogP contribution in [-0.4, -0.2) is 46.9 Å². The molecule has 2 rings (SSSR count). The van der Waals surface area contributed by atoms with Gasteiger partial charge >= 0.3 is 0 Å². The fourth-order valence-electron chi connectivity index (χ4n) is 1.52. The van der Waals surface area contributed by atoms with Gasteiger partial charge in [-0.3, -0.25) is 9.59 Å². The Labute approximate surface area is 132 Å². The minimum atomic E-state index is -0.169. The fourth-order valence-corrected chi connectivity index (χ4v) is 1.94. The molecule has 0 N–H and O–H groups in total. The summed E-state index contributed by atoms with van der Waals surface area (Å²) in [6, 6.07) is 6.70. The third-order valence-electron chi connectivity index (χ3n) is 2.76. The summed E-state index contributed by atoms with van der Waals surface area (Å²) in [5.74, 6) is 0.162. The van der Waals surface area contributed by atoms with Crippen LogP contribution in [0.4, 0.5) is 0 Å². The van der Waals surface area contributed by atoms with E-state index in [9.17, 15) is 9.59 Å². The topological polar surface area (TPSA) is 72.4 Å². The lowest BCUT2D eigenvalue weighted by atomic mass is 10.1. The van der Waals surface area contributed by atoms with Crippen molar-refractivity contribution in [3.05, 3.63) is 47.0 Å². The summed E-state index contributed by atoms with van der Waals surface area (Å²) in [5, 5.41) is 5.57. The van der Waals surface area contributed by atoms with E-state index in [4.69, 9.17) is 4.74 Å². The molecule has 22 heavy (non-hydrogen) atoms. The predicted octanol–water partition coefficient (Wildman–Crippen LogP) is 1.90. The molecule has 1 aromatic heterocycles. The Balaban J connectivity index is 2.01. The first-order valence-corrected chi connectivity index (χ1v) is 7.32. The number of ether oxygens (including phenoxy) is 1. The van der Waals surface area contributed by atoms with Crippen LogP contribution in [0.3, 0.4) is 0 Å². The van der Waals surface area contributed by atoms with Gasteiger partial charge in [-0.25, -0.2) is 0 Å². The number of nitrogens with zero attached hydrogens (tertiary/aromatic N) is 3. The lowest BCUT2D eigenvalue weighted by Crippen LogP contribution is -2.27. The SMILES string of the molecule is CN(C)C(=O)COc1cccc(C(=O)C=Cc2csnn2)c1. The Kier molecular flexibility index (Phi) is 5.37. The van der Waals surface area contributed by atoms with E-state index in [0.717, 1.165) is 0 Å². The molecule has 0 saturated heterocycles. The average molecular weight is 317 g/mol. The first-order chi connectivity index (χ1) is 10.6. The van der Waals surface area contributed by atoms with Crippen LogP contribution in [-0.2, 0) is 4.79 Å². The second-order valence-electron chi connectivity index (χ2n) is 4.63. The van der Waals surface area contributed by atoms with Crippen LogP contribution in [0, 0.1) is 0 Å². The molecule has 1 heterocycles. The summed E-state index contributed by atoms with van der Waals surface area (Å²) < 4.78 is 9.10. The highest BCUT2D eigenvalue weighted by Crippen LogP contribution is 2.14. The summed E-state index contributed by atoms with van der Waals surface area (Å²) in [4.78, 5) is 25.0. The molecule has 0 saturated carbocycles. The third-order valence-corrected chi connectivity index (χ3v) is 3.28. The number of carbonyl (C=O) groups is 2. The van der Waals surface area contributed by atoms with Crippen LogP contribution >= 0.6 is 11.5 Å². The zero-order chi connectivity index (χ0) is 15.9. The lowest BCUT2D eigenvalue weighted by molar-refractivity contribution is -0.130. The van der Waals surface area contributed by atoms with Gasteiger partial charge in [0.15, 0.2) is 12.4 Å². The van der Waals surface area contributed by atoms with Crippen molar-refractivity contribution in [3.8, 4) is 5.75 Å². The number of allylic oxidation sites excluding steroid dienone is 1. The number of amides is 1. The van der Waals surface area contributed by atoms with Crippen molar-refractivity contribution < 1.29 is 14.3 Å². The highest BCUT2D eigenvalue weighted by atomic mass is 32.1. The number of ketones is 1. The van der Waals surface area contributed by atoms with Gasteiger partial charge in [-0.05, 0) is 35.8 Å². The molecule has 1 amide bonds. The van der Waals surface area contributed by atoms with E-state index in [1.807, 2.05) is 0 Å². The minimum Gasteiger partial charge on any atom is -0.484 e. The standard InChI is InChI=1S/C15H15N3O3S/c1-18(2)15(20)9-21-13-5-3-4-11(8-13)14(19)7-6-12-10-22-17-16-12/h3-8,10H,9H2,1-2H3. The summed E-state index contributed by atoms with van der Waals surface area (Å²) in [6.45, 7) is -0.0645. The Hall–Kier alpha value is -2.54. The van der Waals surface area contributed by atoms with Gasteiger partial charge in [0.25, 0.3) is 5.91 Å². The Morgan fingerprint density at radius 3 is 2.86 bits per heavy atom. The van der Waals surface area contributed by atoms with Gasteiger partial charge in [0.1, 0.15) is 5.75 Å². The maximum Gasteiger partial charge on any atom is 0.259 e. The van der Waals surface area contributed by atoms with E-state index in [-0.39, 0.29) is 18.3 Å². The molecule has 0 radical (unpaired) electrons. The van der Waals surface area contributed by atoms with Crippen LogP contribution in [0.25, 0.3) is 6.08 Å². The molecule has 0 aliphatic rings. The number of carbonyl (C=O) groups excluding carboxylic acids is 2. The summed E-state index contributed by atoms with van der Waals surface area (Å²) in [5.41, 5.74) is 1.12. The molecule has 0 atom stereocenters. The van der Waals surface area contributed by atoms with Gasteiger partial charge in [-0.1, -0.05) is 16.6 Å². The van der Waals surface area contributed by atoms with Crippen molar-refractivity contribution in [1.82, 2.24) is 14.5 Å². The number of hydrogen-bond acceptors (Lipinski definition) is 6. The maximum atomic E-state index is 12.1. The molecule has 0 fully saturated rings. The van der Waals surface area contributed by atoms with E-state index in [1.54, 1.807) is 49.8 Å². The predicted molar refractivity (Wildman–Crippen MR) is 83.9 cm³/mol. The van der Waals surface area contributed by atoms with Crippen molar-refractivity contribution in [1.29, 1.82) is 0 Å². The van der Waals surface area contributed by atoms with Crippen LogP contribution in [0.5, 0.6) is 5.75 Å². The molecule has 6 nitrogen and oxygen atoms in total. The van der Waals surface area contributed by atoms with E-state index in [2.05, 4.69) is 9.59 Å². The molecule has 0 aliphatic heterocycles. The minimum absolute atomic E-state index is 0.0645. The Bertz CT molecular complexity index is 681. The molecular weight excluding hydrogens is 302 g/mol. The number of aromatic nitrogens is 2. The van der Waals surface area contributed by atoms with Crippen molar-refractivity contribution in [2.45, 2.75) is 0 Å². The second kappa shape index (κ2) is 7.46. The maximum absolute atomic E-state index is 12.1. The second-order valence-corrected chi connectivity index (χ2v) is 5.24. The molecule has 0 spiro atoms. The molecule has 0 bridgehead atoms. The van der Waals surface area contributed by atoms with Crippen LogP contribution in [0.2, 0.25) is 0 Å². The highest BCUT2D eigenvalue weighted by Gasteiger charge is 2.07. The molecule has 1 aromatic carbocycles. The van der Waals surface area contributed by atoms with Gasteiger partial charge in [0.2, 0.25) is 0 Å². The summed E-state index contributed by atoms with van der Waals surface area (Å²) >= 11 is 1.22. The number of rotatable bonds is 6. The van der Waals surface area contributed by atoms with Crippen molar-refractivity contribution >= 4 is 29.3 Å². The third kappa shape index (κ3) is 4.49. The molecule has 0 unspecified atom stereocenters. The molecular formula is C15H15N3O3S. The van der Waals surface area contributed by atoms with Gasteiger partial charge < -0.3 is 9.64 Å². The zero-order valence-corrected chi connectivity index (χ0v) is 13.0. The Morgan fingerprint density at radius 1 is 1.36 bits per heavy atom. The average Bonchev–Trinajstić information content (AvgIpc) is 3.03. The van der Waals surface area contributed by atoms with E-state index < -0.39 is 0 Å². The summed E-state index contributed by atoms with van der Waals surface area (Å²) in [6.07, 6.45) is 3.04. The number of benzene rings is 1. The van der Waals surface area contributed by atoms with E-state index >= 15 is 0 Å². The van der Waals surface area contributed by atoms with Gasteiger partial charge in [0, 0.05) is 25.0 Å². The van der Waals surface area contributed by atoms with E-state index in [0.29, 0.717) is 17.0 Å². The smallest absolute Gasteiger partial charge is 0.259 e. The van der Waals surface area contributed by atoms with Crippen molar-refractivity contribution in [3.63, 3.8) is 0 Å². The monoisotopic (exact) mass is 317 g/mol. The fraction of sp³-hybridized carbons (Fsp3) is 0.200. The molecule has 2 aromatic rings. The molecule has 114 valence electrons. The van der Waals surface area contributed by atoms with Crippen LogP contribution in [0.1, 0.15) is 16.1 Å². The van der Waals surface area contributed by atoms with Crippen molar-refractivity contribution in [2.75, 3.05) is 20.7 Å². The van der Waals surface area contributed by atoms with Gasteiger partial charge in [0.05, 0.1) is 5.69 Å². The van der Waals surface area contributed by atoms with E-state index in [1.165, 1.54) is 22.5 Å².